The molecule has 1 unspecified atom stereocenters. The van der Waals surface area contributed by atoms with Crippen molar-refractivity contribution in [1.82, 2.24) is 15.2 Å². The lowest BCUT2D eigenvalue weighted by molar-refractivity contribution is -0.123. The van der Waals surface area contributed by atoms with Crippen molar-refractivity contribution in [2.24, 2.45) is 5.18 Å². The Labute approximate surface area is 168 Å². The lowest BCUT2D eigenvalue weighted by atomic mass is 10.1. The average Bonchev–Trinajstić information content (AvgIpc) is 3.17. The summed E-state index contributed by atoms with van der Waals surface area (Å²) in [5, 5.41) is 6.88. The predicted octanol–water partition coefficient (Wildman–Crippen LogP) is 2.88. The summed E-state index contributed by atoms with van der Waals surface area (Å²) in [6.45, 7) is 2.15. The summed E-state index contributed by atoms with van der Waals surface area (Å²) in [4.78, 5) is 29.9. The minimum absolute atomic E-state index is 0.142. The summed E-state index contributed by atoms with van der Waals surface area (Å²) in [6.07, 6.45) is 1.69. The first-order valence-electron chi connectivity index (χ1n) is 9.58. The average molecular weight is 390 g/mol. The maximum atomic E-state index is 12.2. The summed E-state index contributed by atoms with van der Waals surface area (Å²) in [5.41, 5.74) is 3.26. The van der Waals surface area contributed by atoms with E-state index in [1.807, 2.05) is 36.4 Å². The molecular formula is C22H22N4O3. The number of benzene rings is 2. The van der Waals surface area contributed by atoms with Crippen LogP contribution < -0.4 is 10.1 Å². The molecule has 2 aromatic carbocycles. The molecule has 0 radical (unpaired) electrons. The smallest absolute Gasteiger partial charge is 0.258 e. The molecule has 0 fully saturated rings. The van der Waals surface area contributed by atoms with E-state index in [1.54, 1.807) is 12.3 Å². The van der Waals surface area contributed by atoms with E-state index >= 15 is 0 Å². The number of pyridine rings is 1. The van der Waals surface area contributed by atoms with Gasteiger partial charge < -0.3 is 10.1 Å². The molecule has 1 amide bonds. The lowest BCUT2D eigenvalue weighted by Crippen LogP contribution is -2.39. The number of amides is 1. The van der Waals surface area contributed by atoms with E-state index in [-0.39, 0.29) is 19.1 Å². The Morgan fingerprint density at radius 1 is 1.10 bits per heavy atom. The number of nitroso groups, excluding NO2 is 1. The van der Waals surface area contributed by atoms with Crippen LogP contribution in [0, 0.1) is 4.91 Å². The Balaban J connectivity index is 1.26. The highest BCUT2D eigenvalue weighted by Crippen LogP contribution is 2.23. The quantitative estimate of drug-likeness (QED) is 0.598. The molecule has 0 bridgehead atoms. The van der Waals surface area contributed by atoms with E-state index in [1.165, 1.54) is 11.1 Å². The Kier molecular flexibility index (Phi) is 5.76. The van der Waals surface area contributed by atoms with Gasteiger partial charge in [0.15, 0.2) is 6.61 Å². The van der Waals surface area contributed by atoms with Crippen LogP contribution >= 0.6 is 0 Å². The van der Waals surface area contributed by atoms with Crippen LogP contribution in [0.4, 0.5) is 0 Å². The second-order valence-corrected chi connectivity index (χ2v) is 7.12. The minimum Gasteiger partial charge on any atom is -0.481 e. The standard InChI is InChI=1S/C22H22N4O3/c27-21(15-29-20-9-3-7-16-8-4-10-23-22(16)20)24-11-19(25-28)14-26-12-17-5-1-2-6-18(17)13-26/h1-10,19H,11-15H2,(H,24,27). The van der Waals surface area contributed by atoms with E-state index in [2.05, 4.69) is 32.5 Å². The molecule has 148 valence electrons. The van der Waals surface area contributed by atoms with Crippen LogP contribution in [0.5, 0.6) is 5.75 Å². The molecule has 0 saturated heterocycles. The molecule has 1 aliphatic rings. The van der Waals surface area contributed by atoms with Gasteiger partial charge in [-0.05, 0) is 23.3 Å². The normalized spacial score (nSPS) is 14.3. The molecule has 4 rings (SSSR count). The predicted molar refractivity (Wildman–Crippen MR) is 110 cm³/mol. The van der Waals surface area contributed by atoms with Gasteiger partial charge in [0.25, 0.3) is 5.91 Å². The summed E-state index contributed by atoms with van der Waals surface area (Å²) in [6, 6.07) is 17.1. The van der Waals surface area contributed by atoms with Crippen LogP contribution in [0.15, 0.2) is 66.0 Å². The molecule has 1 aliphatic heterocycles. The van der Waals surface area contributed by atoms with E-state index in [9.17, 15) is 9.70 Å². The van der Waals surface area contributed by atoms with Crippen molar-refractivity contribution in [2.45, 2.75) is 19.1 Å². The first kappa shape index (κ1) is 19.0. The van der Waals surface area contributed by atoms with Crippen molar-refractivity contribution >= 4 is 16.8 Å². The van der Waals surface area contributed by atoms with Crippen LogP contribution in [-0.2, 0) is 17.9 Å². The number of ether oxygens (including phenoxy) is 1. The van der Waals surface area contributed by atoms with Gasteiger partial charge in [0.05, 0.1) is 0 Å². The summed E-state index contributed by atoms with van der Waals surface area (Å²) in [7, 11) is 0. The maximum absolute atomic E-state index is 12.2. The fourth-order valence-electron chi connectivity index (χ4n) is 3.58. The highest BCUT2D eigenvalue weighted by molar-refractivity contribution is 5.85. The number of para-hydroxylation sites is 1. The Hall–Kier alpha value is -3.32. The Morgan fingerprint density at radius 3 is 2.62 bits per heavy atom. The third-order valence-corrected chi connectivity index (χ3v) is 5.01. The number of nitrogens with one attached hydrogen (secondary N) is 1. The third kappa shape index (κ3) is 4.57. The number of aromatic nitrogens is 1. The molecule has 2 heterocycles. The van der Waals surface area contributed by atoms with Crippen molar-refractivity contribution in [3.05, 3.63) is 76.8 Å². The monoisotopic (exact) mass is 390 g/mol. The number of hydrogen-bond donors (Lipinski definition) is 1. The Bertz CT molecular complexity index is 993. The summed E-state index contributed by atoms with van der Waals surface area (Å²) in [5.74, 6) is 0.259. The molecule has 0 saturated carbocycles. The molecule has 0 spiro atoms. The lowest BCUT2D eigenvalue weighted by Gasteiger charge is -2.19. The number of fused-ring (bicyclic) bond motifs is 2. The third-order valence-electron chi connectivity index (χ3n) is 5.01. The first-order chi connectivity index (χ1) is 14.2. The molecule has 1 atom stereocenters. The fourth-order valence-corrected chi connectivity index (χ4v) is 3.58. The van der Waals surface area contributed by atoms with Crippen LogP contribution in [0.2, 0.25) is 0 Å². The Morgan fingerprint density at radius 2 is 1.86 bits per heavy atom. The second-order valence-electron chi connectivity index (χ2n) is 7.12. The van der Waals surface area contributed by atoms with Crippen molar-refractivity contribution in [3.8, 4) is 5.75 Å². The van der Waals surface area contributed by atoms with Gasteiger partial charge in [-0.1, -0.05) is 47.6 Å². The maximum Gasteiger partial charge on any atom is 0.258 e. The largest absolute Gasteiger partial charge is 0.481 e. The van der Waals surface area contributed by atoms with Crippen molar-refractivity contribution in [1.29, 1.82) is 0 Å². The van der Waals surface area contributed by atoms with Gasteiger partial charge in [-0.25, -0.2) is 0 Å². The molecule has 1 aromatic heterocycles. The van der Waals surface area contributed by atoms with Crippen LogP contribution in [0.3, 0.4) is 0 Å². The van der Waals surface area contributed by atoms with Crippen molar-refractivity contribution in [3.63, 3.8) is 0 Å². The van der Waals surface area contributed by atoms with Gasteiger partial charge in [-0.3, -0.25) is 14.7 Å². The molecule has 3 aromatic rings. The minimum atomic E-state index is -0.507. The summed E-state index contributed by atoms with van der Waals surface area (Å²) < 4.78 is 5.63. The zero-order valence-corrected chi connectivity index (χ0v) is 16.0. The fraction of sp³-hybridized carbons (Fsp3) is 0.273. The summed E-state index contributed by atoms with van der Waals surface area (Å²) >= 11 is 0. The topological polar surface area (TPSA) is 83.9 Å². The van der Waals surface area contributed by atoms with Crippen molar-refractivity contribution < 1.29 is 9.53 Å². The highest BCUT2D eigenvalue weighted by atomic mass is 16.5. The molecule has 1 N–H and O–H groups in total. The van der Waals surface area contributed by atoms with Gasteiger partial charge in [0.1, 0.15) is 17.3 Å². The van der Waals surface area contributed by atoms with Gasteiger partial charge in [-0.2, -0.15) is 4.91 Å². The number of carbonyl (C=O) groups excluding carboxylic acids is 1. The van der Waals surface area contributed by atoms with Crippen LogP contribution in [0.25, 0.3) is 10.9 Å². The zero-order chi connectivity index (χ0) is 20.1. The SMILES string of the molecule is O=NC(CNC(=O)COc1cccc2cccnc12)CN1Cc2ccccc2C1. The van der Waals surface area contributed by atoms with Crippen molar-refractivity contribution in [2.75, 3.05) is 19.7 Å². The highest BCUT2D eigenvalue weighted by Gasteiger charge is 2.22. The number of carbonyl (C=O) groups is 1. The molecule has 29 heavy (non-hydrogen) atoms. The van der Waals surface area contributed by atoms with Gasteiger partial charge in [0.2, 0.25) is 0 Å². The number of hydrogen-bond acceptors (Lipinski definition) is 6. The number of rotatable bonds is 8. The van der Waals surface area contributed by atoms with Gasteiger partial charge >= 0.3 is 0 Å². The zero-order valence-electron chi connectivity index (χ0n) is 16.0. The molecule has 7 nitrogen and oxygen atoms in total. The molecule has 7 heteroatoms. The van der Waals surface area contributed by atoms with E-state index in [0.717, 1.165) is 18.5 Å². The van der Waals surface area contributed by atoms with E-state index in [0.29, 0.717) is 17.8 Å². The van der Waals surface area contributed by atoms with Crippen LogP contribution in [-0.4, -0.2) is 41.5 Å². The van der Waals surface area contributed by atoms with Gasteiger partial charge in [0, 0.05) is 37.8 Å². The first-order valence-corrected chi connectivity index (χ1v) is 9.58. The van der Waals surface area contributed by atoms with E-state index < -0.39 is 6.04 Å². The van der Waals surface area contributed by atoms with E-state index in [4.69, 9.17) is 4.74 Å². The second kappa shape index (κ2) is 8.79. The van der Waals surface area contributed by atoms with Crippen LogP contribution in [0.1, 0.15) is 11.1 Å². The molecule has 0 aliphatic carbocycles. The number of nitrogens with zero attached hydrogens (tertiary/aromatic N) is 3. The molecular weight excluding hydrogens is 368 g/mol. The van der Waals surface area contributed by atoms with Gasteiger partial charge in [-0.15, -0.1) is 0 Å².